The molecule has 0 bridgehead atoms. The molecule has 0 spiro atoms. The van der Waals surface area contributed by atoms with Gasteiger partial charge in [-0.05, 0) is 37.1 Å². The van der Waals surface area contributed by atoms with Gasteiger partial charge in [-0.2, -0.15) is 0 Å². The summed E-state index contributed by atoms with van der Waals surface area (Å²) >= 11 is 0. The van der Waals surface area contributed by atoms with Gasteiger partial charge in [0, 0.05) is 31.5 Å². The van der Waals surface area contributed by atoms with Crippen LogP contribution in [0, 0.1) is 0 Å². The third-order valence-electron chi connectivity index (χ3n) is 3.42. The van der Waals surface area contributed by atoms with Crippen molar-refractivity contribution in [3.8, 4) is 5.75 Å². The summed E-state index contributed by atoms with van der Waals surface area (Å²) in [6, 6.07) is 7.14. The molecule has 4 heteroatoms. The first-order valence-corrected chi connectivity index (χ1v) is 7.24. The highest BCUT2D eigenvalue weighted by molar-refractivity contribution is 5.98. The predicted molar refractivity (Wildman–Crippen MR) is 77.0 cm³/mol. The van der Waals surface area contributed by atoms with Gasteiger partial charge in [0.05, 0.1) is 6.61 Å². The van der Waals surface area contributed by atoms with E-state index in [0.29, 0.717) is 18.6 Å². The van der Waals surface area contributed by atoms with Gasteiger partial charge in [0.2, 0.25) is 5.91 Å². The molecule has 1 aliphatic heterocycles. The minimum atomic E-state index is 0.0147. The number of ketones is 1. The number of hydrogen-bond donors (Lipinski definition) is 0. The average Bonchev–Trinajstić information content (AvgIpc) is 2.41. The highest BCUT2D eigenvalue weighted by Crippen LogP contribution is 2.15. The summed E-state index contributed by atoms with van der Waals surface area (Å²) < 4.78 is 5.47. The van der Waals surface area contributed by atoms with E-state index >= 15 is 0 Å². The fourth-order valence-corrected chi connectivity index (χ4v) is 2.05. The Labute approximate surface area is 119 Å². The molecule has 0 saturated carbocycles. The Balaban J connectivity index is 1.80. The van der Waals surface area contributed by atoms with Gasteiger partial charge in [0.15, 0.2) is 5.78 Å². The first-order chi connectivity index (χ1) is 9.70. The molecule has 1 fully saturated rings. The lowest BCUT2D eigenvalue weighted by Crippen LogP contribution is -2.42. The molecule has 1 aromatic rings. The number of likely N-dealkylation sites (tertiary alicyclic amines) is 1. The molecule has 108 valence electrons. The zero-order chi connectivity index (χ0) is 14.4. The summed E-state index contributed by atoms with van der Waals surface area (Å²) in [6.07, 6.45) is 2.63. The first kappa shape index (κ1) is 14.6. The molecule has 0 aromatic heterocycles. The topological polar surface area (TPSA) is 46.6 Å². The van der Waals surface area contributed by atoms with Gasteiger partial charge in [-0.25, -0.2) is 0 Å². The van der Waals surface area contributed by atoms with Crippen molar-refractivity contribution in [2.75, 3.05) is 19.7 Å². The number of amides is 1. The number of ether oxygens (including phenoxy) is 1. The fraction of sp³-hybridized carbons (Fsp3) is 0.500. The van der Waals surface area contributed by atoms with E-state index in [-0.39, 0.29) is 18.1 Å². The quantitative estimate of drug-likeness (QED) is 0.719. The van der Waals surface area contributed by atoms with Crippen LogP contribution in [-0.4, -0.2) is 36.3 Å². The molecule has 1 saturated heterocycles. The summed E-state index contributed by atoms with van der Waals surface area (Å²) in [5.41, 5.74) is 0.644. The van der Waals surface area contributed by atoms with E-state index in [9.17, 15) is 9.59 Å². The number of carbonyl (C=O) groups excluding carboxylic acids is 2. The lowest BCUT2D eigenvalue weighted by Gasteiger charge is -2.30. The van der Waals surface area contributed by atoms with Gasteiger partial charge in [0.1, 0.15) is 5.75 Å². The van der Waals surface area contributed by atoms with Crippen molar-refractivity contribution in [3.63, 3.8) is 0 Å². The number of benzene rings is 1. The maximum absolute atomic E-state index is 12.0. The van der Waals surface area contributed by atoms with Crippen LogP contribution < -0.4 is 4.74 Å². The number of rotatable bonds is 7. The summed E-state index contributed by atoms with van der Waals surface area (Å²) in [5.74, 6) is 0.883. The Morgan fingerprint density at radius 1 is 1.15 bits per heavy atom. The Morgan fingerprint density at radius 2 is 1.85 bits per heavy atom. The van der Waals surface area contributed by atoms with Crippen LogP contribution in [0.15, 0.2) is 24.3 Å². The SMILES string of the molecule is CCCOc1ccc(C(=O)CCC(=O)N2CCC2)cc1. The first-order valence-electron chi connectivity index (χ1n) is 7.24. The maximum atomic E-state index is 12.0. The molecule has 1 heterocycles. The molecule has 1 aliphatic rings. The highest BCUT2D eigenvalue weighted by atomic mass is 16.5. The monoisotopic (exact) mass is 275 g/mol. The van der Waals surface area contributed by atoms with Crippen LogP contribution >= 0.6 is 0 Å². The molecule has 1 amide bonds. The smallest absolute Gasteiger partial charge is 0.223 e. The lowest BCUT2D eigenvalue weighted by molar-refractivity contribution is -0.134. The molecule has 2 rings (SSSR count). The van der Waals surface area contributed by atoms with Crippen molar-refractivity contribution >= 4 is 11.7 Å². The third-order valence-corrected chi connectivity index (χ3v) is 3.42. The van der Waals surface area contributed by atoms with E-state index in [2.05, 4.69) is 0 Å². The normalized spacial score (nSPS) is 13.8. The second-order valence-electron chi connectivity index (χ2n) is 5.03. The van der Waals surface area contributed by atoms with Crippen LogP contribution in [0.5, 0.6) is 5.75 Å². The molecule has 0 aliphatic carbocycles. The lowest BCUT2D eigenvalue weighted by atomic mass is 10.1. The van der Waals surface area contributed by atoms with Crippen molar-refractivity contribution in [1.82, 2.24) is 4.90 Å². The molecule has 20 heavy (non-hydrogen) atoms. The molecule has 1 aromatic carbocycles. The third kappa shape index (κ3) is 3.83. The zero-order valence-electron chi connectivity index (χ0n) is 11.9. The van der Waals surface area contributed by atoms with Gasteiger partial charge in [-0.1, -0.05) is 6.92 Å². The van der Waals surface area contributed by atoms with Crippen LogP contribution in [0.3, 0.4) is 0 Å². The fourth-order valence-electron chi connectivity index (χ4n) is 2.05. The van der Waals surface area contributed by atoms with Gasteiger partial charge in [-0.15, -0.1) is 0 Å². The van der Waals surface area contributed by atoms with E-state index in [1.807, 2.05) is 6.92 Å². The number of carbonyl (C=O) groups is 2. The molecule has 0 radical (unpaired) electrons. The van der Waals surface area contributed by atoms with E-state index in [1.165, 1.54) is 0 Å². The largest absolute Gasteiger partial charge is 0.494 e. The van der Waals surface area contributed by atoms with E-state index in [1.54, 1.807) is 29.2 Å². The van der Waals surface area contributed by atoms with Crippen molar-refractivity contribution < 1.29 is 14.3 Å². The van der Waals surface area contributed by atoms with Gasteiger partial charge < -0.3 is 9.64 Å². The van der Waals surface area contributed by atoms with Crippen LogP contribution in [0.1, 0.15) is 43.0 Å². The predicted octanol–water partition coefficient (Wildman–Crippen LogP) is 2.67. The second kappa shape index (κ2) is 7.08. The molecule has 0 atom stereocenters. The van der Waals surface area contributed by atoms with E-state index in [0.717, 1.165) is 31.7 Å². The Bertz CT molecular complexity index is 463. The Hall–Kier alpha value is -1.84. The number of hydrogen-bond acceptors (Lipinski definition) is 3. The van der Waals surface area contributed by atoms with Gasteiger partial charge in [-0.3, -0.25) is 9.59 Å². The standard InChI is InChI=1S/C16H21NO3/c1-2-12-20-14-6-4-13(5-7-14)15(18)8-9-16(19)17-10-3-11-17/h4-7H,2-3,8-12H2,1H3. The number of nitrogens with zero attached hydrogens (tertiary/aromatic N) is 1. The summed E-state index contributed by atoms with van der Waals surface area (Å²) in [7, 11) is 0. The number of Topliss-reactive ketones (excluding diaryl/α,β-unsaturated/α-hetero) is 1. The summed E-state index contributed by atoms with van der Waals surface area (Å²) in [5, 5.41) is 0. The maximum Gasteiger partial charge on any atom is 0.223 e. The van der Waals surface area contributed by atoms with Crippen molar-refractivity contribution in [1.29, 1.82) is 0 Å². The zero-order valence-corrected chi connectivity index (χ0v) is 11.9. The van der Waals surface area contributed by atoms with E-state index < -0.39 is 0 Å². The molecule has 4 nitrogen and oxygen atoms in total. The average molecular weight is 275 g/mol. The molecule has 0 N–H and O–H groups in total. The van der Waals surface area contributed by atoms with E-state index in [4.69, 9.17) is 4.74 Å². The van der Waals surface area contributed by atoms with Crippen LogP contribution in [0.25, 0.3) is 0 Å². The Kier molecular flexibility index (Phi) is 5.16. The van der Waals surface area contributed by atoms with Crippen molar-refractivity contribution in [2.45, 2.75) is 32.6 Å². The Morgan fingerprint density at radius 3 is 2.40 bits per heavy atom. The highest BCUT2D eigenvalue weighted by Gasteiger charge is 2.20. The van der Waals surface area contributed by atoms with Gasteiger partial charge in [0.25, 0.3) is 0 Å². The van der Waals surface area contributed by atoms with Crippen molar-refractivity contribution in [2.24, 2.45) is 0 Å². The van der Waals surface area contributed by atoms with Gasteiger partial charge >= 0.3 is 0 Å². The van der Waals surface area contributed by atoms with Crippen LogP contribution in [0.2, 0.25) is 0 Å². The minimum absolute atomic E-state index is 0.0147. The van der Waals surface area contributed by atoms with Crippen LogP contribution in [-0.2, 0) is 4.79 Å². The van der Waals surface area contributed by atoms with Crippen molar-refractivity contribution in [3.05, 3.63) is 29.8 Å². The molecular weight excluding hydrogens is 254 g/mol. The second-order valence-corrected chi connectivity index (χ2v) is 5.03. The summed E-state index contributed by atoms with van der Waals surface area (Å²) in [6.45, 7) is 4.41. The van der Waals surface area contributed by atoms with Crippen LogP contribution in [0.4, 0.5) is 0 Å². The molecule has 0 unspecified atom stereocenters. The molecular formula is C16H21NO3. The minimum Gasteiger partial charge on any atom is -0.494 e. The summed E-state index contributed by atoms with van der Waals surface area (Å²) in [4.78, 5) is 25.5.